The highest BCUT2D eigenvalue weighted by molar-refractivity contribution is 7.79. The first-order valence-corrected chi connectivity index (χ1v) is 4.28. The summed E-state index contributed by atoms with van der Waals surface area (Å²) in [6.45, 7) is 0. The maximum atomic E-state index is 12.8. The molecule has 8 heteroatoms. The van der Waals surface area contributed by atoms with Gasteiger partial charge in [0.1, 0.15) is 4.90 Å². The Morgan fingerprint density at radius 1 is 1.36 bits per heavy atom. The second-order valence-corrected chi connectivity index (χ2v) is 3.15. The van der Waals surface area contributed by atoms with Crippen LogP contribution in [-0.2, 0) is 11.1 Å². The lowest BCUT2D eigenvalue weighted by Crippen LogP contribution is -2.00. The van der Waals surface area contributed by atoms with Gasteiger partial charge >= 0.3 is 0 Å². The van der Waals surface area contributed by atoms with Gasteiger partial charge in [0.2, 0.25) is 0 Å². The van der Waals surface area contributed by atoms with Gasteiger partial charge < -0.3 is 4.55 Å². The maximum Gasteiger partial charge on any atom is 0.275 e. The molecule has 14 heavy (non-hydrogen) atoms. The summed E-state index contributed by atoms with van der Waals surface area (Å²) in [5.74, 6) is -2.84. The van der Waals surface area contributed by atoms with E-state index in [9.17, 15) is 23.1 Å². The Labute approximate surface area is 78.8 Å². The number of benzene rings is 1. The first-order valence-electron chi connectivity index (χ1n) is 3.17. The van der Waals surface area contributed by atoms with E-state index in [0.29, 0.717) is 12.1 Å². The third kappa shape index (κ3) is 1.91. The molecule has 0 aliphatic carbocycles. The third-order valence-corrected chi connectivity index (χ3v) is 2.11. The van der Waals surface area contributed by atoms with Gasteiger partial charge in [0, 0.05) is 0 Å². The fourth-order valence-corrected chi connectivity index (χ4v) is 1.27. The highest BCUT2D eigenvalue weighted by Gasteiger charge is 2.20. The van der Waals surface area contributed by atoms with E-state index in [1.54, 1.807) is 0 Å². The second kappa shape index (κ2) is 3.76. The van der Waals surface area contributed by atoms with Crippen LogP contribution in [0.4, 0.5) is 14.5 Å². The maximum absolute atomic E-state index is 12.8. The number of hydrogen-bond acceptors (Lipinski definition) is 3. The van der Waals surface area contributed by atoms with Crippen LogP contribution in [-0.4, -0.2) is 13.7 Å². The molecule has 0 bridgehead atoms. The summed E-state index contributed by atoms with van der Waals surface area (Å²) in [5.41, 5.74) is -0.811. The SMILES string of the molecule is O=[N+]([O-])c1cc(F)c(S(=O)O)c(F)c1. The molecule has 1 rings (SSSR count). The van der Waals surface area contributed by atoms with Crippen molar-refractivity contribution in [2.24, 2.45) is 0 Å². The van der Waals surface area contributed by atoms with E-state index >= 15 is 0 Å². The van der Waals surface area contributed by atoms with Crippen molar-refractivity contribution in [1.29, 1.82) is 0 Å². The van der Waals surface area contributed by atoms with Crippen LogP contribution in [0, 0.1) is 21.7 Å². The van der Waals surface area contributed by atoms with Gasteiger partial charge in [-0.15, -0.1) is 0 Å². The van der Waals surface area contributed by atoms with Crippen molar-refractivity contribution in [2.75, 3.05) is 0 Å². The van der Waals surface area contributed by atoms with Crippen molar-refractivity contribution in [3.05, 3.63) is 33.9 Å². The van der Waals surface area contributed by atoms with Gasteiger partial charge in [-0.2, -0.15) is 0 Å². The lowest BCUT2D eigenvalue weighted by molar-refractivity contribution is -0.385. The van der Waals surface area contributed by atoms with Gasteiger partial charge in [-0.3, -0.25) is 10.1 Å². The molecule has 76 valence electrons. The number of halogens is 2. The predicted molar refractivity (Wildman–Crippen MR) is 42.0 cm³/mol. The molecule has 1 unspecified atom stereocenters. The molecule has 0 amide bonds. The van der Waals surface area contributed by atoms with E-state index in [2.05, 4.69) is 0 Å². The predicted octanol–water partition coefficient (Wildman–Crippen LogP) is 1.45. The molecule has 5 nitrogen and oxygen atoms in total. The Morgan fingerprint density at radius 3 is 2.07 bits per heavy atom. The number of rotatable bonds is 2. The number of nitro groups is 1. The summed E-state index contributed by atoms with van der Waals surface area (Å²) in [6, 6.07) is 0.763. The highest BCUT2D eigenvalue weighted by atomic mass is 32.2. The lowest BCUT2D eigenvalue weighted by Gasteiger charge is -1.99. The summed E-state index contributed by atoms with van der Waals surface area (Å²) in [6.07, 6.45) is 0. The minimum atomic E-state index is -2.85. The fourth-order valence-electron chi connectivity index (χ4n) is 0.819. The Balaban J connectivity index is 3.39. The Morgan fingerprint density at radius 2 is 1.79 bits per heavy atom. The summed E-state index contributed by atoms with van der Waals surface area (Å²) in [7, 11) is 0. The Hall–Kier alpha value is -1.41. The summed E-state index contributed by atoms with van der Waals surface area (Å²) >= 11 is -2.85. The van der Waals surface area contributed by atoms with E-state index in [1.807, 2.05) is 0 Å². The molecule has 0 saturated heterocycles. The molecular weight excluding hydrogens is 220 g/mol. The van der Waals surface area contributed by atoms with E-state index in [-0.39, 0.29) is 0 Å². The van der Waals surface area contributed by atoms with E-state index in [4.69, 9.17) is 4.55 Å². The topological polar surface area (TPSA) is 80.4 Å². The van der Waals surface area contributed by atoms with Crippen molar-refractivity contribution in [3.63, 3.8) is 0 Å². The molecule has 0 heterocycles. The zero-order valence-electron chi connectivity index (χ0n) is 6.44. The van der Waals surface area contributed by atoms with Crippen LogP contribution in [0.25, 0.3) is 0 Å². The van der Waals surface area contributed by atoms with E-state index in [1.165, 1.54) is 0 Å². The second-order valence-electron chi connectivity index (χ2n) is 2.24. The molecule has 0 spiro atoms. The van der Waals surface area contributed by atoms with Crippen LogP contribution in [0.5, 0.6) is 0 Å². The quantitative estimate of drug-likeness (QED) is 0.467. The molecule has 0 radical (unpaired) electrons. The number of non-ortho nitro benzene ring substituents is 1. The Bertz CT molecular complexity index is 399. The van der Waals surface area contributed by atoms with Gasteiger partial charge in [0.25, 0.3) is 5.69 Å². The number of hydrogen-bond donors (Lipinski definition) is 1. The van der Waals surface area contributed by atoms with Crippen molar-refractivity contribution >= 4 is 16.8 Å². The molecule has 0 aliphatic heterocycles. The highest BCUT2D eigenvalue weighted by Crippen LogP contribution is 2.22. The van der Waals surface area contributed by atoms with Gasteiger partial charge in [0.05, 0.1) is 17.1 Å². The first kappa shape index (κ1) is 10.7. The minimum absolute atomic E-state index is 0.381. The van der Waals surface area contributed by atoms with Gasteiger partial charge in [-0.1, -0.05) is 0 Å². The molecule has 0 saturated carbocycles. The molecule has 0 aliphatic rings. The standard InChI is InChI=1S/C6H3F2NO4S/c7-4-1-3(9(10)11)2-5(8)6(4)14(12)13/h1-2H,(H,12,13). The molecule has 0 fully saturated rings. The van der Waals surface area contributed by atoms with Crippen molar-refractivity contribution in [2.45, 2.75) is 4.90 Å². The molecular formula is C6H3F2NO4S. The van der Waals surface area contributed by atoms with Crippen LogP contribution < -0.4 is 0 Å². The van der Waals surface area contributed by atoms with Crippen LogP contribution in [0.15, 0.2) is 17.0 Å². The summed E-state index contributed by atoms with van der Waals surface area (Å²) < 4.78 is 44.5. The largest absolute Gasteiger partial charge is 0.302 e. The van der Waals surface area contributed by atoms with Gasteiger partial charge in [0.15, 0.2) is 22.7 Å². The van der Waals surface area contributed by atoms with Gasteiger partial charge in [-0.25, -0.2) is 13.0 Å². The Kier molecular flexibility index (Phi) is 2.87. The summed E-state index contributed by atoms with van der Waals surface area (Å²) in [4.78, 5) is 8.03. The summed E-state index contributed by atoms with van der Waals surface area (Å²) in [5, 5.41) is 10.1. The average Bonchev–Trinajstić information content (AvgIpc) is 2.01. The normalized spacial score (nSPS) is 12.5. The first-order chi connectivity index (χ1) is 6.43. The monoisotopic (exact) mass is 223 g/mol. The van der Waals surface area contributed by atoms with E-state index in [0.717, 1.165) is 0 Å². The molecule has 1 atom stereocenters. The third-order valence-electron chi connectivity index (χ3n) is 1.37. The van der Waals surface area contributed by atoms with Crippen molar-refractivity contribution in [3.8, 4) is 0 Å². The zero-order valence-corrected chi connectivity index (χ0v) is 7.25. The fraction of sp³-hybridized carbons (Fsp3) is 0. The van der Waals surface area contributed by atoms with Crippen molar-refractivity contribution < 1.29 is 22.5 Å². The van der Waals surface area contributed by atoms with Crippen LogP contribution >= 0.6 is 0 Å². The van der Waals surface area contributed by atoms with Gasteiger partial charge in [-0.05, 0) is 0 Å². The molecule has 1 aromatic carbocycles. The lowest BCUT2D eigenvalue weighted by atomic mass is 10.3. The van der Waals surface area contributed by atoms with Crippen LogP contribution in [0.3, 0.4) is 0 Å². The van der Waals surface area contributed by atoms with E-state index < -0.39 is 38.2 Å². The van der Waals surface area contributed by atoms with Crippen LogP contribution in [0.2, 0.25) is 0 Å². The smallest absolute Gasteiger partial charge is 0.275 e. The molecule has 1 aromatic rings. The molecule has 1 N–H and O–H groups in total. The average molecular weight is 223 g/mol. The molecule has 0 aromatic heterocycles. The number of nitrogens with zero attached hydrogens (tertiary/aromatic N) is 1. The zero-order chi connectivity index (χ0) is 10.9. The number of nitro benzene ring substituents is 1. The minimum Gasteiger partial charge on any atom is -0.302 e. The van der Waals surface area contributed by atoms with Crippen LogP contribution in [0.1, 0.15) is 0 Å². The van der Waals surface area contributed by atoms with Crippen molar-refractivity contribution in [1.82, 2.24) is 0 Å².